The van der Waals surface area contributed by atoms with Crippen LogP contribution in [0.3, 0.4) is 0 Å². The first-order valence-corrected chi connectivity index (χ1v) is 11.1. The number of aryl methyl sites for hydroxylation is 1. The fourth-order valence-corrected chi connectivity index (χ4v) is 4.52. The molecular weight excluding hydrogens is 438 g/mol. The van der Waals surface area contributed by atoms with E-state index in [0.29, 0.717) is 28.4 Å². The first kappa shape index (κ1) is 23.4. The van der Waals surface area contributed by atoms with Crippen molar-refractivity contribution in [2.24, 2.45) is 0 Å². The maximum absolute atomic E-state index is 13.2. The summed E-state index contributed by atoms with van der Waals surface area (Å²) in [4.78, 5) is 24.4. The predicted octanol–water partition coefficient (Wildman–Crippen LogP) is 1.99. The Morgan fingerprint density at radius 2 is 1.94 bits per heavy atom. The number of carbonyl (C=O) groups excluding carboxylic acids is 2. The van der Waals surface area contributed by atoms with Gasteiger partial charge in [0, 0.05) is 19.2 Å². The number of amides is 2. The first-order chi connectivity index (χ1) is 15.1. The molecule has 2 aromatic rings. The highest BCUT2D eigenvalue weighted by atomic mass is 32.2. The van der Waals surface area contributed by atoms with Crippen molar-refractivity contribution in [1.82, 2.24) is 4.31 Å². The molecule has 0 aliphatic carbocycles. The zero-order chi connectivity index (χ0) is 23.6. The van der Waals surface area contributed by atoms with E-state index in [9.17, 15) is 18.0 Å². The lowest BCUT2D eigenvalue weighted by atomic mass is 10.1. The Hall–Kier alpha value is -3.31. The summed E-state index contributed by atoms with van der Waals surface area (Å²) in [6, 6.07) is 7.77. The quantitative estimate of drug-likeness (QED) is 0.644. The van der Waals surface area contributed by atoms with Gasteiger partial charge in [-0.3, -0.25) is 9.59 Å². The molecule has 0 aromatic heterocycles. The second-order valence-corrected chi connectivity index (χ2v) is 9.25. The lowest BCUT2D eigenvalue weighted by Crippen LogP contribution is -2.36. The van der Waals surface area contributed by atoms with Gasteiger partial charge in [-0.1, -0.05) is 0 Å². The number of rotatable bonds is 7. The van der Waals surface area contributed by atoms with E-state index >= 15 is 0 Å². The summed E-state index contributed by atoms with van der Waals surface area (Å²) in [7, 11) is 0.229. The van der Waals surface area contributed by atoms with Crippen LogP contribution in [0.15, 0.2) is 35.2 Å². The van der Waals surface area contributed by atoms with Crippen LogP contribution in [0.4, 0.5) is 11.4 Å². The average Bonchev–Trinajstić information content (AvgIpc) is 2.74. The van der Waals surface area contributed by atoms with Crippen LogP contribution in [0.5, 0.6) is 17.2 Å². The first-order valence-electron chi connectivity index (χ1n) is 9.67. The molecule has 11 heteroatoms. The Morgan fingerprint density at radius 1 is 1.22 bits per heavy atom. The molecule has 3 rings (SSSR count). The fraction of sp³-hybridized carbons (Fsp3) is 0.333. The van der Waals surface area contributed by atoms with Crippen molar-refractivity contribution in [3.05, 3.63) is 35.9 Å². The van der Waals surface area contributed by atoms with Crippen LogP contribution in [0.2, 0.25) is 0 Å². The van der Waals surface area contributed by atoms with Crippen molar-refractivity contribution >= 4 is 33.2 Å². The second-order valence-electron chi connectivity index (χ2n) is 7.24. The lowest BCUT2D eigenvalue weighted by molar-refractivity contribution is -0.122. The number of benzene rings is 2. The van der Waals surface area contributed by atoms with Gasteiger partial charge in [-0.05, 0) is 37.6 Å². The lowest BCUT2D eigenvalue weighted by Gasteiger charge is -2.25. The molecule has 0 bridgehead atoms. The maximum atomic E-state index is 13.2. The van der Waals surface area contributed by atoms with Crippen molar-refractivity contribution in [3.63, 3.8) is 0 Å². The predicted molar refractivity (Wildman–Crippen MR) is 118 cm³/mol. The van der Waals surface area contributed by atoms with E-state index in [-0.39, 0.29) is 16.6 Å². The number of hydrogen-bond donors (Lipinski definition) is 2. The zero-order valence-corrected chi connectivity index (χ0v) is 19.2. The van der Waals surface area contributed by atoms with Crippen molar-refractivity contribution in [2.75, 3.05) is 38.4 Å². The highest BCUT2D eigenvalue weighted by molar-refractivity contribution is 7.89. The molecule has 0 radical (unpaired) electrons. The molecule has 2 aromatic carbocycles. The monoisotopic (exact) mass is 463 g/mol. The van der Waals surface area contributed by atoms with Gasteiger partial charge < -0.3 is 24.8 Å². The number of sulfonamides is 1. The summed E-state index contributed by atoms with van der Waals surface area (Å²) in [5.74, 6) is 0.293. The molecule has 0 saturated heterocycles. The molecule has 1 atom stereocenters. The van der Waals surface area contributed by atoms with E-state index in [0.717, 1.165) is 4.31 Å². The van der Waals surface area contributed by atoms with Gasteiger partial charge in [-0.2, -0.15) is 4.31 Å². The smallest absolute Gasteiger partial charge is 0.265 e. The van der Waals surface area contributed by atoms with E-state index in [1.165, 1.54) is 33.4 Å². The Morgan fingerprint density at radius 3 is 2.59 bits per heavy atom. The number of hydrogen-bond acceptors (Lipinski definition) is 7. The Kier molecular flexibility index (Phi) is 6.60. The largest absolute Gasteiger partial charge is 0.497 e. The summed E-state index contributed by atoms with van der Waals surface area (Å²) < 4.78 is 43.1. The third-order valence-electron chi connectivity index (χ3n) is 4.94. The molecule has 0 spiro atoms. The summed E-state index contributed by atoms with van der Waals surface area (Å²) in [5.41, 5.74) is 1.16. The van der Waals surface area contributed by atoms with E-state index in [1.807, 2.05) is 0 Å². The van der Waals surface area contributed by atoms with Gasteiger partial charge in [0.15, 0.2) is 6.10 Å². The van der Waals surface area contributed by atoms with Crippen LogP contribution in [0, 0.1) is 6.92 Å². The van der Waals surface area contributed by atoms with Crippen LogP contribution in [-0.4, -0.2) is 58.5 Å². The van der Waals surface area contributed by atoms with Gasteiger partial charge in [0.25, 0.3) is 5.91 Å². The Labute approximate surface area is 186 Å². The van der Waals surface area contributed by atoms with Gasteiger partial charge in [0.2, 0.25) is 15.9 Å². The molecule has 2 N–H and O–H groups in total. The third-order valence-corrected chi connectivity index (χ3v) is 6.89. The second kappa shape index (κ2) is 9.05. The minimum absolute atomic E-state index is 0.0196. The summed E-state index contributed by atoms with van der Waals surface area (Å²) in [6.45, 7) is 2.73. The van der Waals surface area contributed by atoms with Crippen LogP contribution < -0.4 is 24.8 Å². The third kappa shape index (κ3) is 4.63. The van der Waals surface area contributed by atoms with E-state index in [2.05, 4.69) is 10.6 Å². The normalized spacial score (nSPS) is 15.4. The van der Waals surface area contributed by atoms with Gasteiger partial charge in [0.05, 0.1) is 37.0 Å². The van der Waals surface area contributed by atoms with E-state index in [1.54, 1.807) is 32.0 Å². The molecule has 0 saturated carbocycles. The van der Waals surface area contributed by atoms with Crippen molar-refractivity contribution in [1.29, 1.82) is 0 Å². The topological polar surface area (TPSA) is 123 Å². The number of anilines is 2. The van der Waals surface area contributed by atoms with Crippen molar-refractivity contribution in [2.45, 2.75) is 24.8 Å². The minimum Gasteiger partial charge on any atom is -0.497 e. The van der Waals surface area contributed by atoms with Crippen molar-refractivity contribution in [3.8, 4) is 17.2 Å². The summed E-state index contributed by atoms with van der Waals surface area (Å²) in [5, 5.41) is 5.32. The summed E-state index contributed by atoms with van der Waals surface area (Å²) >= 11 is 0. The number of nitrogens with zero attached hydrogens (tertiary/aromatic N) is 1. The number of likely N-dealkylation sites (N-methyl/N-ethyl adjacent to an activating group) is 1. The Bertz CT molecular complexity index is 1160. The van der Waals surface area contributed by atoms with Gasteiger partial charge in [-0.25, -0.2) is 8.42 Å². The SMILES string of the molecule is COc1ccc(OC)c(NC(=O)CN(C)S(=O)(=O)c2cc3c(cc2C)NC(=O)C(C)O3)c1. The van der Waals surface area contributed by atoms with E-state index < -0.39 is 28.6 Å². The van der Waals surface area contributed by atoms with Gasteiger partial charge >= 0.3 is 0 Å². The standard InChI is InChI=1S/C21H25N3O7S/c1-12-8-15-18(31-13(2)21(26)23-15)10-19(12)32(27,28)24(3)11-20(25)22-16-9-14(29-4)6-7-17(16)30-5/h6-10,13H,11H2,1-5H3,(H,22,25)(H,23,26). The molecule has 2 amide bonds. The molecular formula is C21H25N3O7S. The fourth-order valence-electron chi connectivity index (χ4n) is 3.18. The molecule has 172 valence electrons. The molecule has 1 heterocycles. The highest BCUT2D eigenvalue weighted by Gasteiger charge is 2.30. The number of methoxy groups -OCH3 is 2. The van der Waals surface area contributed by atoms with Gasteiger partial charge in [-0.15, -0.1) is 0 Å². The van der Waals surface area contributed by atoms with Crippen LogP contribution in [0.1, 0.15) is 12.5 Å². The molecule has 10 nitrogen and oxygen atoms in total. The average molecular weight is 464 g/mol. The minimum atomic E-state index is -4.03. The molecule has 0 fully saturated rings. The van der Waals surface area contributed by atoms with Crippen LogP contribution in [-0.2, 0) is 19.6 Å². The van der Waals surface area contributed by atoms with Crippen LogP contribution >= 0.6 is 0 Å². The van der Waals surface area contributed by atoms with E-state index in [4.69, 9.17) is 14.2 Å². The van der Waals surface area contributed by atoms with Crippen molar-refractivity contribution < 1.29 is 32.2 Å². The molecule has 1 aliphatic heterocycles. The number of carbonyl (C=O) groups is 2. The number of fused-ring (bicyclic) bond motifs is 1. The number of nitrogens with one attached hydrogen (secondary N) is 2. The summed E-state index contributed by atoms with van der Waals surface area (Å²) in [6.07, 6.45) is -0.748. The maximum Gasteiger partial charge on any atom is 0.265 e. The highest BCUT2D eigenvalue weighted by Crippen LogP contribution is 2.35. The molecule has 1 aliphatic rings. The number of ether oxygens (including phenoxy) is 3. The molecule has 1 unspecified atom stereocenters. The Balaban J connectivity index is 1.81. The van der Waals surface area contributed by atoms with Crippen LogP contribution in [0.25, 0.3) is 0 Å². The van der Waals surface area contributed by atoms with Gasteiger partial charge in [0.1, 0.15) is 17.2 Å². The molecule has 32 heavy (non-hydrogen) atoms. The zero-order valence-electron chi connectivity index (χ0n) is 18.4.